The van der Waals surface area contributed by atoms with Crippen molar-refractivity contribution in [3.63, 3.8) is 0 Å². The first-order valence-corrected chi connectivity index (χ1v) is 10.0. The van der Waals surface area contributed by atoms with Gasteiger partial charge in [-0.2, -0.15) is 0 Å². The molecule has 1 aliphatic rings. The van der Waals surface area contributed by atoms with Gasteiger partial charge in [-0.1, -0.05) is 27.7 Å². The highest BCUT2D eigenvalue weighted by molar-refractivity contribution is 7.21. The van der Waals surface area contributed by atoms with Crippen LogP contribution >= 0.6 is 11.3 Å². The molecule has 3 rings (SSSR count). The van der Waals surface area contributed by atoms with Crippen molar-refractivity contribution < 1.29 is 4.79 Å². The Kier molecular flexibility index (Phi) is 4.80. The molecule has 3 N–H and O–H groups in total. The van der Waals surface area contributed by atoms with Gasteiger partial charge in [0.25, 0.3) is 5.91 Å². The van der Waals surface area contributed by atoms with E-state index >= 15 is 0 Å². The number of fused-ring (bicyclic) bond motifs is 2. The lowest BCUT2D eigenvalue weighted by Gasteiger charge is -2.34. The van der Waals surface area contributed by atoms with Crippen molar-refractivity contribution in [3.8, 4) is 0 Å². The summed E-state index contributed by atoms with van der Waals surface area (Å²) in [7, 11) is 0. The molecule has 1 aliphatic carbocycles. The minimum absolute atomic E-state index is 0.0830. The summed E-state index contributed by atoms with van der Waals surface area (Å²) in [5.41, 5.74) is 9.68. The number of nitrogens with zero attached hydrogens (tertiary/aromatic N) is 1. The molecule has 136 valence electrons. The number of aromatic nitrogens is 1. The van der Waals surface area contributed by atoms with Gasteiger partial charge in [0, 0.05) is 17.1 Å². The number of amides is 1. The third-order valence-electron chi connectivity index (χ3n) is 5.51. The minimum atomic E-state index is -0.0830. The number of thiophene rings is 1. The van der Waals surface area contributed by atoms with Crippen LogP contribution in [0.15, 0.2) is 6.07 Å². The fraction of sp³-hybridized carbons (Fsp3) is 0.600. The second-order valence-corrected chi connectivity index (χ2v) is 9.38. The highest BCUT2D eigenvalue weighted by Crippen LogP contribution is 2.40. The van der Waals surface area contributed by atoms with Crippen LogP contribution in [-0.4, -0.2) is 16.9 Å². The van der Waals surface area contributed by atoms with Crippen LogP contribution in [-0.2, 0) is 12.8 Å². The number of carbonyl (C=O) groups is 1. The van der Waals surface area contributed by atoms with Crippen molar-refractivity contribution in [2.24, 2.45) is 11.3 Å². The maximum Gasteiger partial charge on any atom is 0.263 e. The van der Waals surface area contributed by atoms with Crippen LogP contribution in [0.4, 0.5) is 5.69 Å². The summed E-state index contributed by atoms with van der Waals surface area (Å²) in [4.78, 5) is 18.8. The van der Waals surface area contributed by atoms with Crippen LogP contribution in [0.2, 0.25) is 0 Å². The van der Waals surface area contributed by atoms with E-state index in [-0.39, 0.29) is 11.9 Å². The van der Waals surface area contributed by atoms with Crippen molar-refractivity contribution in [2.75, 3.05) is 5.73 Å². The highest BCUT2D eigenvalue weighted by Gasteiger charge is 2.30. The molecule has 2 atom stereocenters. The number of pyridine rings is 1. The van der Waals surface area contributed by atoms with E-state index in [0.29, 0.717) is 21.9 Å². The third kappa shape index (κ3) is 3.52. The molecule has 0 aromatic carbocycles. The predicted octanol–water partition coefficient (Wildman–Crippen LogP) is 4.56. The van der Waals surface area contributed by atoms with Gasteiger partial charge >= 0.3 is 0 Å². The van der Waals surface area contributed by atoms with Gasteiger partial charge in [0.1, 0.15) is 9.71 Å². The van der Waals surface area contributed by atoms with Crippen LogP contribution in [0.3, 0.4) is 0 Å². The van der Waals surface area contributed by atoms with Crippen molar-refractivity contribution in [3.05, 3.63) is 22.2 Å². The normalized spacial score (nSPS) is 18.8. The smallest absolute Gasteiger partial charge is 0.263 e. The van der Waals surface area contributed by atoms with Gasteiger partial charge in [0.05, 0.1) is 5.69 Å². The summed E-state index contributed by atoms with van der Waals surface area (Å²) in [5, 5.41) is 3.95. The van der Waals surface area contributed by atoms with Gasteiger partial charge in [-0.15, -0.1) is 11.3 Å². The lowest BCUT2D eigenvalue weighted by Crippen LogP contribution is -2.31. The van der Waals surface area contributed by atoms with Crippen LogP contribution in [0.25, 0.3) is 10.2 Å². The second-order valence-electron chi connectivity index (χ2n) is 8.38. The molecule has 0 fully saturated rings. The van der Waals surface area contributed by atoms with Gasteiger partial charge in [-0.25, -0.2) is 4.98 Å². The molecule has 2 aromatic rings. The Morgan fingerprint density at radius 3 is 2.84 bits per heavy atom. The molecule has 2 unspecified atom stereocenters. The number of nitrogens with two attached hydrogens (primary N) is 1. The Bertz CT molecular complexity index is 803. The molecule has 2 heterocycles. The van der Waals surface area contributed by atoms with E-state index in [2.05, 4.69) is 39.1 Å². The highest BCUT2D eigenvalue weighted by atomic mass is 32.1. The minimum Gasteiger partial charge on any atom is -0.397 e. The Morgan fingerprint density at radius 2 is 2.20 bits per heavy atom. The second kappa shape index (κ2) is 6.60. The van der Waals surface area contributed by atoms with Crippen LogP contribution in [0, 0.1) is 11.3 Å². The fourth-order valence-corrected chi connectivity index (χ4v) is 4.49. The zero-order valence-electron chi connectivity index (χ0n) is 15.9. The van der Waals surface area contributed by atoms with Gasteiger partial charge in [-0.05, 0) is 55.6 Å². The lowest BCUT2D eigenvalue weighted by atomic mass is 9.71. The zero-order chi connectivity index (χ0) is 18.4. The number of carbonyl (C=O) groups excluding carboxylic acids is 1. The number of hydrogen-bond donors (Lipinski definition) is 2. The van der Waals surface area contributed by atoms with E-state index in [0.717, 1.165) is 29.5 Å². The van der Waals surface area contributed by atoms with Crippen molar-refractivity contribution >= 4 is 33.1 Å². The maximum atomic E-state index is 12.5. The molecular weight excluding hydrogens is 330 g/mol. The summed E-state index contributed by atoms with van der Waals surface area (Å²) in [6.45, 7) is 11.0. The zero-order valence-corrected chi connectivity index (χ0v) is 16.7. The Labute approximate surface area is 154 Å². The molecule has 0 bridgehead atoms. The van der Waals surface area contributed by atoms with Crippen molar-refractivity contribution in [1.29, 1.82) is 0 Å². The molecule has 25 heavy (non-hydrogen) atoms. The summed E-state index contributed by atoms with van der Waals surface area (Å²) >= 11 is 1.42. The number of nitrogens with one attached hydrogen (secondary N) is 1. The van der Waals surface area contributed by atoms with Crippen LogP contribution in [0.1, 0.15) is 68.4 Å². The first kappa shape index (κ1) is 18.2. The molecular formula is C20H29N3OS. The molecule has 2 aromatic heterocycles. The Balaban J connectivity index is 1.96. The average molecular weight is 360 g/mol. The van der Waals surface area contributed by atoms with Gasteiger partial charge in [0.15, 0.2) is 0 Å². The number of nitrogen functional groups attached to an aromatic ring is 1. The SMILES string of the molecule is CCC(C)NC(=O)c1sc2nc3c(cc2c1N)CC(C(C)(C)C)CC3. The first-order valence-electron chi connectivity index (χ1n) is 9.22. The summed E-state index contributed by atoms with van der Waals surface area (Å²) in [6.07, 6.45) is 4.14. The quantitative estimate of drug-likeness (QED) is 0.844. The number of aryl methyl sites for hydroxylation is 1. The van der Waals surface area contributed by atoms with Crippen LogP contribution < -0.4 is 11.1 Å². The van der Waals surface area contributed by atoms with Crippen molar-refractivity contribution in [1.82, 2.24) is 10.3 Å². The van der Waals surface area contributed by atoms with E-state index in [9.17, 15) is 4.79 Å². The first-order chi connectivity index (χ1) is 11.7. The van der Waals surface area contributed by atoms with Crippen molar-refractivity contribution in [2.45, 2.75) is 66.3 Å². The summed E-state index contributed by atoms with van der Waals surface area (Å²) in [5.74, 6) is 0.577. The van der Waals surface area contributed by atoms with Gasteiger partial charge in [-0.3, -0.25) is 4.79 Å². The van der Waals surface area contributed by atoms with E-state index in [1.165, 1.54) is 29.0 Å². The molecule has 4 nitrogen and oxygen atoms in total. The van der Waals surface area contributed by atoms with E-state index < -0.39 is 0 Å². The van der Waals surface area contributed by atoms with Crippen LogP contribution in [0.5, 0.6) is 0 Å². The summed E-state index contributed by atoms with van der Waals surface area (Å²) in [6, 6.07) is 2.33. The number of anilines is 1. The fourth-order valence-electron chi connectivity index (χ4n) is 3.49. The molecule has 0 spiro atoms. The van der Waals surface area contributed by atoms with E-state index in [4.69, 9.17) is 10.7 Å². The van der Waals surface area contributed by atoms with E-state index in [1.54, 1.807) is 0 Å². The Hall–Kier alpha value is -1.62. The number of rotatable bonds is 3. The third-order valence-corrected chi connectivity index (χ3v) is 6.62. The molecule has 0 radical (unpaired) electrons. The molecule has 1 amide bonds. The molecule has 0 saturated heterocycles. The monoisotopic (exact) mass is 359 g/mol. The summed E-state index contributed by atoms with van der Waals surface area (Å²) < 4.78 is 0. The topological polar surface area (TPSA) is 68.0 Å². The van der Waals surface area contributed by atoms with E-state index in [1.807, 2.05) is 6.92 Å². The van der Waals surface area contributed by atoms with Gasteiger partial charge < -0.3 is 11.1 Å². The van der Waals surface area contributed by atoms with Gasteiger partial charge in [0.2, 0.25) is 0 Å². The largest absolute Gasteiger partial charge is 0.397 e. The molecule has 0 aliphatic heterocycles. The average Bonchev–Trinajstić information content (AvgIpc) is 2.87. The molecule has 0 saturated carbocycles. The maximum absolute atomic E-state index is 12.5. The number of hydrogen-bond acceptors (Lipinski definition) is 4. The predicted molar refractivity (Wildman–Crippen MR) is 106 cm³/mol. The molecule has 5 heteroatoms. The Morgan fingerprint density at radius 1 is 1.48 bits per heavy atom. The standard InChI is InChI=1S/C20H29N3OS/c1-6-11(2)22-18(24)17-16(21)14-10-12-9-13(20(3,4)5)7-8-15(12)23-19(14)25-17/h10-11,13H,6-9,21H2,1-5H3,(H,22,24). The lowest BCUT2D eigenvalue weighted by molar-refractivity contribution is 0.0944.